The highest BCUT2D eigenvalue weighted by atomic mass is 16.7. The molecule has 1 fully saturated rings. The van der Waals surface area contributed by atoms with Crippen LogP contribution in [0.25, 0.3) is 0 Å². The number of carbonyl (C=O) groups excluding carboxylic acids is 2. The molecule has 2 aromatic carbocycles. The number of para-hydroxylation sites is 2. The minimum atomic E-state index is -0.678. The molecule has 2 amide bonds. The molecule has 3 aromatic rings. The number of anilines is 3. The quantitative estimate of drug-likeness (QED) is 0.164. The third kappa shape index (κ3) is 6.98. The van der Waals surface area contributed by atoms with E-state index in [1.165, 1.54) is 6.20 Å². The predicted molar refractivity (Wildman–Crippen MR) is 138 cm³/mol. The Balaban J connectivity index is 1.32. The Hall–Kier alpha value is -4.58. The number of carbonyl (C=O) groups is 2. The fourth-order valence-electron chi connectivity index (χ4n) is 4.03. The van der Waals surface area contributed by atoms with Crippen molar-refractivity contribution >= 4 is 29.2 Å². The van der Waals surface area contributed by atoms with Gasteiger partial charge in [0.1, 0.15) is 23.7 Å². The van der Waals surface area contributed by atoms with Crippen LogP contribution in [-0.4, -0.2) is 34.1 Å². The fraction of sp³-hybridized carbons (Fsp3) is 0.280. The second-order valence-electron chi connectivity index (χ2n) is 8.65. The average Bonchev–Trinajstić information content (AvgIpc) is 2.89. The van der Waals surface area contributed by atoms with E-state index < -0.39 is 12.0 Å². The van der Waals surface area contributed by atoms with E-state index in [0.717, 1.165) is 36.4 Å². The number of benzene rings is 2. The first kappa shape index (κ1) is 25.5. The molecule has 8 N–H and O–H groups in total. The zero-order valence-electron chi connectivity index (χ0n) is 20.2. The first-order chi connectivity index (χ1) is 17.9. The van der Waals surface area contributed by atoms with Crippen LogP contribution in [0.1, 0.15) is 41.6 Å². The van der Waals surface area contributed by atoms with Gasteiger partial charge < -0.3 is 31.7 Å². The Morgan fingerprint density at radius 2 is 1.68 bits per heavy atom. The van der Waals surface area contributed by atoms with Crippen LogP contribution in [0, 0.1) is 0 Å². The van der Waals surface area contributed by atoms with E-state index in [0.29, 0.717) is 11.4 Å². The van der Waals surface area contributed by atoms with Crippen molar-refractivity contribution < 1.29 is 19.2 Å². The largest absolute Gasteiger partial charge is 0.445 e. The lowest BCUT2D eigenvalue weighted by atomic mass is 9.91. The average molecular weight is 507 g/mol. The summed E-state index contributed by atoms with van der Waals surface area (Å²) in [6.07, 6.45) is 3.74. The summed E-state index contributed by atoms with van der Waals surface area (Å²) < 4.78 is 5.31. The molecule has 0 unspecified atom stereocenters. The molecule has 1 aliphatic rings. The molecule has 37 heavy (non-hydrogen) atoms. The predicted octanol–water partition coefficient (Wildman–Crippen LogP) is 2.48. The van der Waals surface area contributed by atoms with Crippen LogP contribution >= 0.6 is 0 Å². The van der Waals surface area contributed by atoms with Crippen molar-refractivity contribution in [3.8, 4) is 6.01 Å². The molecule has 12 heteroatoms. The van der Waals surface area contributed by atoms with Crippen LogP contribution in [-0.2, 0) is 11.3 Å². The first-order valence-corrected chi connectivity index (χ1v) is 11.9. The number of rotatable bonds is 9. The van der Waals surface area contributed by atoms with Gasteiger partial charge in [0.25, 0.3) is 5.91 Å². The monoisotopic (exact) mass is 506 g/mol. The van der Waals surface area contributed by atoms with Crippen molar-refractivity contribution in [3.05, 3.63) is 71.9 Å². The number of primary amides is 1. The molecule has 0 saturated heterocycles. The van der Waals surface area contributed by atoms with Crippen molar-refractivity contribution in [2.24, 2.45) is 11.6 Å². The SMILES string of the molecule is NC(=O)c1cnc(ON(N)c2ccccc2N)nc1N[C@H]1CC[C@@H](NC(=O)OCc2ccccc2)CC1. The highest BCUT2D eigenvalue weighted by molar-refractivity contribution is 5.97. The van der Waals surface area contributed by atoms with Gasteiger partial charge in [-0.1, -0.05) is 42.5 Å². The van der Waals surface area contributed by atoms with Crippen molar-refractivity contribution in [1.82, 2.24) is 15.3 Å². The summed E-state index contributed by atoms with van der Waals surface area (Å²) in [4.78, 5) is 38.0. The van der Waals surface area contributed by atoms with Crippen LogP contribution in [0.15, 0.2) is 60.8 Å². The Kier molecular flexibility index (Phi) is 8.21. The van der Waals surface area contributed by atoms with Crippen molar-refractivity contribution in [3.63, 3.8) is 0 Å². The van der Waals surface area contributed by atoms with Gasteiger partial charge in [0, 0.05) is 18.3 Å². The lowest BCUT2D eigenvalue weighted by Crippen LogP contribution is -2.40. The van der Waals surface area contributed by atoms with E-state index in [1.54, 1.807) is 24.3 Å². The zero-order valence-corrected chi connectivity index (χ0v) is 20.2. The number of alkyl carbamates (subject to hydrolysis) is 1. The fourth-order valence-corrected chi connectivity index (χ4v) is 4.03. The molecule has 0 atom stereocenters. The van der Waals surface area contributed by atoms with Crippen LogP contribution in [0.3, 0.4) is 0 Å². The highest BCUT2D eigenvalue weighted by Crippen LogP contribution is 2.25. The van der Waals surface area contributed by atoms with Gasteiger partial charge >= 0.3 is 12.1 Å². The minimum absolute atomic E-state index is 0.00186. The third-order valence-corrected chi connectivity index (χ3v) is 5.99. The van der Waals surface area contributed by atoms with Gasteiger partial charge in [-0.05, 0) is 43.4 Å². The van der Waals surface area contributed by atoms with Gasteiger partial charge in [-0.25, -0.2) is 15.6 Å². The molecule has 12 nitrogen and oxygen atoms in total. The molecule has 1 heterocycles. The zero-order chi connectivity index (χ0) is 26.2. The summed E-state index contributed by atoms with van der Waals surface area (Å²) in [6.45, 7) is 0.217. The van der Waals surface area contributed by atoms with Gasteiger partial charge in [0.05, 0.1) is 5.69 Å². The Labute approximate surface area is 214 Å². The molecule has 0 aliphatic heterocycles. The van der Waals surface area contributed by atoms with E-state index in [4.69, 9.17) is 26.9 Å². The van der Waals surface area contributed by atoms with E-state index >= 15 is 0 Å². The van der Waals surface area contributed by atoms with E-state index in [1.807, 2.05) is 30.3 Å². The van der Waals surface area contributed by atoms with E-state index in [9.17, 15) is 9.59 Å². The lowest BCUT2D eigenvalue weighted by molar-refractivity contribution is 0.1000. The molecule has 1 saturated carbocycles. The number of hydrogen-bond acceptors (Lipinski definition) is 10. The van der Waals surface area contributed by atoms with Crippen molar-refractivity contribution in [2.75, 3.05) is 16.2 Å². The summed E-state index contributed by atoms with van der Waals surface area (Å²) in [7, 11) is 0. The van der Waals surface area contributed by atoms with Crippen LogP contribution in [0.5, 0.6) is 6.01 Å². The molecule has 0 radical (unpaired) electrons. The van der Waals surface area contributed by atoms with Gasteiger partial charge in [0.15, 0.2) is 0 Å². The van der Waals surface area contributed by atoms with Crippen LogP contribution in [0.4, 0.5) is 22.0 Å². The van der Waals surface area contributed by atoms with Crippen molar-refractivity contribution in [1.29, 1.82) is 0 Å². The molecule has 194 valence electrons. The summed E-state index contributed by atoms with van der Waals surface area (Å²) >= 11 is 0. The number of nitrogens with two attached hydrogens (primary N) is 3. The topological polar surface area (TPSA) is 184 Å². The number of nitrogens with one attached hydrogen (secondary N) is 2. The molecule has 4 rings (SSSR count). The molecule has 0 spiro atoms. The Morgan fingerprint density at radius 3 is 2.38 bits per heavy atom. The Morgan fingerprint density at radius 1 is 1.00 bits per heavy atom. The summed E-state index contributed by atoms with van der Waals surface area (Å²) in [6, 6.07) is 16.3. The number of hydrazine groups is 1. The van der Waals surface area contributed by atoms with Gasteiger partial charge in [0.2, 0.25) is 0 Å². The summed E-state index contributed by atoms with van der Waals surface area (Å²) in [5.41, 5.74) is 13.3. The van der Waals surface area contributed by atoms with Crippen LogP contribution < -0.4 is 38.0 Å². The Bertz CT molecular complexity index is 1220. The number of aromatic nitrogens is 2. The van der Waals surface area contributed by atoms with Crippen molar-refractivity contribution in [2.45, 2.75) is 44.4 Å². The molecule has 0 bridgehead atoms. The second-order valence-corrected chi connectivity index (χ2v) is 8.65. The van der Waals surface area contributed by atoms with Crippen LogP contribution in [0.2, 0.25) is 0 Å². The maximum atomic E-state index is 12.2. The number of amides is 2. The van der Waals surface area contributed by atoms with Gasteiger partial charge in [-0.15, -0.1) is 5.17 Å². The molecular formula is C25H30N8O4. The van der Waals surface area contributed by atoms with Gasteiger partial charge in [-0.3, -0.25) is 4.79 Å². The molecule has 1 aliphatic carbocycles. The lowest BCUT2D eigenvalue weighted by Gasteiger charge is -2.30. The van der Waals surface area contributed by atoms with E-state index in [2.05, 4.69) is 20.6 Å². The number of nitrogens with zero attached hydrogens (tertiary/aromatic N) is 3. The summed E-state index contributed by atoms with van der Waals surface area (Å²) in [5.74, 6) is 5.53. The van der Waals surface area contributed by atoms with Gasteiger partial charge in [-0.2, -0.15) is 4.98 Å². The second kappa shape index (κ2) is 11.9. The standard InChI is InChI=1S/C25H30N8O4/c26-20-8-4-5-9-21(20)33(28)37-24-29-14-19(22(27)34)23(32-24)30-17-10-12-18(13-11-17)31-25(35)36-15-16-6-2-1-3-7-16/h1-9,14,17-18H,10-13,15,26,28H2,(H2,27,34)(H,31,35)(H,29,30,32)/t17-,18+. The maximum Gasteiger partial charge on any atom is 0.407 e. The number of nitrogen functional groups attached to an aromatic ring is 1. The first-order valence-electron chi connectivity index (χ1n) is 11.9. The highest BCUT2D eigenvalue weighted by Gasteiger charge is 2.25. The van der Waals surface area contributed by atoms with E-state index in [-0.39, 0.29) is 36.1 Å². The number of ether oxygens (including phenoxy) is 1. The number of hydrogen-bond donors (Lipinski definition) is 5. The molecular weight excluding hydrogens is 476 g/mol. The third-order valence-electron chi connectivity index (χ3n) is 5.99. The molecule has 1 aromatic heterocycles. The normalized spacial score (nSPS) is 16.9. The minimum Gasteiger partial charge on any atom is -0.445 e. The maximum absolute atomic E-state index is 12.2. The smallest absolute Gasteiger partial charge is 0.407 e. The summed E-state index contributed by atoms with van der Waals surface area (Å²) in [5, 5.41) is 7.12.